The van der Waals surface area contributed by atoms with Crippen LogP contribution in [0.5, 0.6) is 5.75 Å². The van der Waals surface area contributed by atoms with Gasteiger partial charge in [-0.25, -0.2) is 13.1 Å². The Morgan fingerprint density at radius 2 is 2.00 bits per heavy atom. The van der Waals surface area contributed by atoms with Crippen LogP contribution in [0.15, 0.2) is 70.4 Å². The topological polar surface area (TPSA) is 81.4 Å². The van der Waals surface area contributed by atoms with E-state index in [1.807, 2.05) is 12.1 Å². The number of aromatic nitrogens is 1. The Labute approximate surface area is 140 Å². The van der Waals surface area contributed by atoms with E-state index < -0.39 is 10.0 Å². The van der Waals surface area contributed by atoms with Crippen molar-refractivity contribution in [1.82, 2.24) is 9.71 Å². The summed E-state index contributed by atoms with van der Waals surface area (Å²) in [5.74, 6) is 0.976. The third-order valence-corrected chi connectivity index (χ3v) is 4.87. The average Bonchev–Trinajstić information content (AvgIpc) is 3.15. The Kier molecular flexibility index (Phi) is 4.64. The lowest BCUT2D eigenvalue weighted by atomic mass is 10.2. The molecular weight excluding hydrogens is 328 g/mol. The molecule has 0 bridgehead atoms. The van der Waals surface area contributed by atoms with Crippen LogP contribution in [0.1, 0.15) is 5.56 Å². The van der Waals surface area contributed by atoms with Crippen LogP contribution in [0.25, 0.3) is 11.3 Å². The standard InChI is InChI=1S/C17H16N2O4S/c1-22-16-5-2-3-7-17(16)24(20,21)19-11-13-9-14(12-18-10-13)15-6-4-8-23-15/h2-10,12,19H,11H2,1H3. The van der Waals surface area contributed by atoms with Crippen molar-refractivity contribution in [1.29, 1.82) is 0 Å². The van der Waals surface area contributed by atoms with Crippen molar-refractivity contribution in [2.75, 3.05) is 7.11 Å². The Hall–Kier alpha value is -2.64. The van der Waals surface area contributed by atoms with Crippen LogP contribution in [-0.2, 0) is 16.6 Å². The lowest BCUT2D eigenvalue weighted by molar-refractivity contribution is 0.402. The van der Waals surface area contributed by atoms with Gasteiger partial charge < -0.3 is 9.15 Å². The quantitative estimate of drug-likeness (QED) is 0.743. The van der Waals surface area contributed by atoms with Gasteiger partial charge in [-0.3, -0.25) is 4.98 Å². The maximum absolute atomic E-state index is 12.5. The van der Waals surface area contributed by atoms with Crippen LogP contribution in [0, 0.1) is 0 Å². The molecule has 7 heteroatoms. The SMILES string of the molecule is COc1ccccc1S(=O)(=O)NCc1cncc(-c2ccco2)c1. The van der Waals surface area contributed by atoms with Gasteiger partial charge in [-0.1, -0.05) is 12.1 Å². The number of para-hydroxylation sites is 1. The summed E-state index contributed by atoms with van der Waals surface area (Å²) in [5.41, 5.74) is 1.51. The summed E-state index contributed by atoms with van der Waals surface area (Å²) in [5, 5.41) is 0. The van der Waals surface area contributed by atoms with Crippen LogP contribution >= 0.6 is 0 Å². The zero-order valence-corrected chi connectivity index (χ0v) is 13.8. The fourth-order valence-electron chi connectivity index (χ4n) is 2.26. The van der Waals surface area contributed by atoms with E-state index in [9.17, 15) is 8.42 Å². The van der Waals surface area contributed by atoms with Gasteiger partial charge in [0.1, 0.15) is 16.4 Å². The molecule has 6 nitrogen and oxygen atoms in total. The summed E-state index contributed by atoms with van der Waals surface area (Å²) in [6.07, 6.45) is 4.85. The number of ether oxygens (including phenoxy) is 1. The molecule has 0 aliphatic heterocycles. The van der Waals surface area contributed by atoms with Gasteiger partial charge in [0.05, 0.1) is 13.4 Å². The van der Waals surface area contributed by atoms with E-state index in [0.717, 1.165) is 11.1 Å². The summed E-state index contributed by atoms with van der Waals surface area (Å²) >= 11 is 0. The van der Waals surface area contributed by atoms with E-state index >= 15 is 0 Å². The minimum atomic E-state index is -3.69. The molecule has 0 atom stereocenters. The second kappa shape index (κ2) is 6.86. The molecule has 0 fully saturated rings. The van der Waals surface area contributed by atoms with E-state index in [2.05, 4.69) is 9.71 Å². The molecule has 0 amide bonds. The predicted octanol–water partition coefficient (Wildman–Crippen LogP) is 2.83. The van der Waals surface area contributed by atoms with Crippen molar-refractivity contribution in [3.05, 3.63) is 66.7 Å². The van der Waals surface area contributed by atoms with Crippen molar-refractivity contribution >= 4 is 10.0 Å². The zero-order chi connectivity index (χ0) is 17.0. The fraction of sp³-hybridized carbons (Fsp3) is 0.118. The second-order valence-corrected chi connectivity index (χ2v) is 6.77. The van der Waals surface area contributed by atoms with E-state index in [0.29, 0.717) is 11.5 Å². The number of pyridine rings is 1. The Bertz CT molecular complexity index is 921. The highest BCUT2D eigenvalue weighted by Crippen LogP contribution is 2.23. The number of benzene rings is 1. The number of nitrogens with one attached hydrogen (secondary N) is 1. The first-order chi connectivity index (χ1) is 11.6. The molecule has 0 unspecified atom stereocenters. The molecule has 0 radical (unpaired) electrons. The number of rotatable bonds is 6. The summed E-state index contributed by atoms with van der Waals surface area (Å²) in [7, 11) is -2.26. The molecule has 124 valence electrons. The molecule has 2 aromatic heterocycles. The first kappa shape index (κ1) is 16.2. The number of furan rings is 1. The number of sulfonamides is 1. The second-order valence-electron chi connectivity index (χ2n) is 5.03. The van der Waals surface area contributed by atoms with Crippen LogP contribution in [0.3, 0.4) is 0 Å². The van der Waals surface area contributed by atoms with Crippen LogP contribution in [0.2, 0.25) is 0 Å². The molecule has 0 spiro atoms. The van der Waals surface area contributed by atoms with Crippen molar-refractivity contribution in [3.8, 4) is 17.1 Å². The average molecular weight is 344 g/mol. The molecular formula is C17H16N2O4S. The molecule has 3 aromatic rings. The van der Waals surface area contributed by atoms with Crippen molar-refractivity contribution < 1.29 is 17.6 Å². The maximum atomic E-state index is 12.5. The molecule has 2 heterocycles. The third-order valence-electron chi connectivity index (χ3n) is 3.43. The van der Waals surface area contributed by atoms with Gasteiger partial charge in [-0.05, 0) is 35.9 Å². The highest BCUT2D eigenvalue weighted by molar-refractivity contribution is 7.89. The summed E-state index contributed by atoms with van der Waals surface area (Å²) in [6, 6.07) is 11.9. The monoisotopic (exact) mass is 344 g/mol. The summed E-state index contributed by atoms with van der Waals surface area (Å²) in [6.45, 7) is 0.113. The fourth-order valence-corrected chi connectivity index (χ4v) is 3.44. The van der Waals surface area contributed by atoms with Crippen molar-refractivity contribution in [3.63, 3.8) is 0 Å². The lowest BCUT2D eigenvalue weighted by Crippen LogP contribution is -2.23. The Morgan fingerprint density at radius 3 is 2.75 bits per heavy atom. The third kappa shape index (κ3) is 3.47. The smallest absolute Gasteiger partial charge is 0.244 e. The van der Waals surface area contributed by atoms with Gasteiger partial charge in [-0.2, -0.15) is 0 Å². The van der Waals surface area contributed by atoms with Gasteiger partial charge in [-0.15, -0.1) is 0 Å². The molecule has 1 aromatic carbocycles. The van der Waals surface area contributed by atoms with Gasteiger partial charge >= 0.3 is 0 Å². The van der Waals surface area contributed by atoms with E-state index in [1.54, 1.807) is 42.9 Å². The first-order valence-corrected chi connectivity index (χ1v) is 8.69. The minimum Gasteiger partial charge on any atom is -0.495 e. The molecule has 0 saturated heterocycles. The van der Waals surface area contributed by atoms with Crippen LogP contribution in [0.4, 0.5) is 0 Å². The molecule has 3 rings (SSSR count). The number of hydrogen-bond donors (Lipinski definition) is 1. The molecule has 24 heavy (non-hydrogen) atoms. The van der Waals surface area contributed by atoms with Gasteiger partial charge in [0.25, 0.3) is 0 Å². The first-order valence-electron chi connectivity index (χ1n) is 7.20. The Morgan fingerprint density at radius 1 is 1.17 bits per heavy atom. The summed E-state index contributed by atoms with van der Waals surface area (Å²) in [4.78, 5) is 4.23. The van der Waals surface area contributed by atoms with Crippen LogP contribution < -0.4 is 9.46 Å². The van der Waals surface area contributed by atoms with Gasteiger partial charge in [0.2, 0.25) is 10.0 Å². The van der Waals surface area contributed by atoms with Crippen molar-refractivity contribution in [2.24, 2.45) is 0 Å². The lowest BCUT2D eigenvalue weighted by Gasteiger charge is -2.10. The number of nitrogens with zero attached hydrogens (tertiary/aromatic N) is 1. The van der Waals surface area contributed by atoms with Gasteiger partial charge in [0.15, 0.2) is 0 Å². The van der Waals surface area contributed by atoms with Crippen LogP contribution in [-0.4, -0.2) is 20.5 Å². The van der Waals surface area contributed by atoms with Gasteiger partial charge in [0, 0.05) is 24.5 Å². The highest BCUT2D eigenvalue weighted by Gasteiger charge is 2.18. The molecule has 0 saturated carbocycles. The summed E-state index contributed by atoms with van der Waals surface area (Å²) < 4.78 is 37.9. The molecule has 0 aliphatic carbocycles. The molecule has 0 aliphatic rings. The number of hydrogen-bond acceptors (Lipinski definition) is 5. The minimum absolute atomic E-state index is 0.0997. The predicted molar refractivity (Wildman–Crippen MR) is 89.0 cm³/mol. The van der Waals surface area contributed by atoms with E-state index in [4.69, 9.17) is 9.15 Å². The zero-order valence-electron chi connectivity index (χ0n) is 13.0. The Balaban J connectivity index is 1.79. The van der Waals surface area contributed by atoms with Crippen molar-refractivity contribution in [2.45, 2.75) is 11.4 Å². The maximum Gasteiger partial charge on any atom is 0.244 e. The molecule has 1 N–H and O–H groups in total. The largest absolute Gasteiger partial charge is 0.495 e. The van der Waals surface area contributed by atoms with E-state index in [-0.39, 0.29) is 11.4 Å². The normalized spacial score (nSPS) is 11.4. The van der Waals surface area contributed by atoms with E-state index in [1.165, 1.54) is 13.2 Å². The highest BCUT2D eigenvalue weighted by atomic mass is 32.2. The number of methoxy groups -OCH3 is 1.